The number of nitrogens with zero attached hydrogens (tertiary/aromatic N) is 1. The number of hydrogen-bond donors (Lipinski definition) is 3. The van der Waals surface area contributed by atoms with Crippen molar-refractivity contribution in [1.82, 2.24) is 5.32 Å². The van der Waals surface area contributed by atoms with Crippen molar-refractivity contribution in [3.05, 3.63) is 58.1 Å². The van der Waals surface area contributed by atoms with Gasteiger partial charge in [0.15, 0.2) is 0 Å². The molecular formula is C20H22N4O5. The van der Waals surface area contributed by atoms with Crippen LogP contribution in [-0.4, -0.2) is 35.9 Å². The van der Waals surface area contributed by atoms with Crippen molar-refractivity contribution in [3.63, 3.8) is 0 Å². The zero-order valence-corrected chi connectivity index (χ0v) is 16.1. The number of amides is 2. The van der Waals surface area contributed by atoms with Crippen LogP contribution in [0.2, 0.25) is 0 Å². The maximum Gasteiger partial charge on any atom is 0.271 e. The maximum absolute atomic E-state index is 12.5. The SMILES string of the molecule is COc1ccc([N+](=O)[O-])cc1NC(=O)C(C)Nc1ccc(C(=O)NC2CC2)cc1. The summed E-state index contributed by atoms with van der Waals surface area (Å²) >= 11 is 0. The van der Waals surface area contributed by atoms with E-state index >= 15 is 0 Å². The van der Waals surface area contributed by atoms with Gasteiger partial charge < -0.3 is 20.7 Å². The lowest BCUT2D eigenvalue weighted by Crippen LogP contribution is -2.32. The number of carbonyl (C=O) groups excluding carboxylic acids is 2. The third kappa shape index (κ3) is 5.22. The molecular weight excluding hydrogens is 376 g/mol. The van der Waals surface area contributed by atoms with Crippen LogP contribution in [0.25, 0.3) is 0 Å². The minimum Gasteiger partial charge on any atom is -0.495 e. The van der Waals surface area contributed by atoms with Gasteiger partial charge in [0.05, 0.1) is 17.7 Å². The van der Waals surface area contributed by atoms with Gasteiger partial charge in [0.25, 0.3) is 11.6 Å². The molecule has 2 amide bonds. The third-order valence-corrected chi connectivity index (χ3v) is 4.49. The van der Waals surface area contributed by atoms with E-state index in [0.29, 0.717) is 17.0 Å². The number of rotatable bonds is 8. The summed E-state index contributed by atoms with van der Waals surface area (Å²) < 4.78 is 5.15. The Hall–Kier alpha value is -3.62. The Morgan fingerprint density at radius 1 is 1.17 bits per heavy atom. The number of anilines is 2. The largest absolute Gasteiger partial charge is 0.495 e. The number of hydrogen-bond acceptors (Lipinski definition) is 6. The first kappa shape index (κ1) is 20.1. The molecule has 1 aliphatic carbocycles. The van der Waals surface area contributed by atoms with Gasteiger partial charge in [0.1, 0.15) is 11.8 Å². The lowest BCUT2D eigenvalue weighted by molar-refractivity contribution is -0.384. The molecule has 0 aromatic heterocycles. The average Bonchev–Trinajstić information content (AvgIpc) is 3.52. The van der Waals surface area contributed by atoms with Crippen LogP contribution in [0.4, 0.5) is 17.1 Å². The van der Waals surface area contributed by atoms with Gasteiger partial charge in [0, 0.05) is 29.4 Å². The highest BCUT2D eigenvalue weighted by atomic mass is 16.6. The molecule has 0 saturated heterocycles. The Balaban J connectivity index is 1.62. The molecule has 0 heterocycles. The predicted octanol–water partition coefficient (Wildman–Crippen LogP) is 2.93. The molecule has 1 atom stereocenters. The first-order valence-corrected chi connectivity index (χ1v) is 9.18. The molecule has 3 rings (SSSR count). The van der Waals surface area contributed by atoms with Crippen LogP contribution in [0.3, 0.4) is 0 Å². The predicted molar refractivity (Wildman–Crippen MR) is 108 cm³/mol. The second kappa shape index (κ2) is 8.59. The van der Waals surface area contributed by atoms with Gasteiger partial charge in [-0.1, -0.05) is 0 Å². The van der Waals surface area contributed by atoms with Crippen molar-refractivity contribution in [2.45, 2.75) is 31.8 Å². The summed E-state index contributed by atoms with van der Waals surface area (Å²) in [6, 6.07) is 10.5. The minimum atomic E-state index is -0.634. The second-order valence-electron chi connectivity index (χ2n) is 6.82. The fraction of sp³-hybridized carbons (Fsp3) is 0.300. The van der Waals surface area contributed by atoms with E-state index in [1.54, 1.807) is 31.2 Å². The van der Waals surface area contributed by atoms with Gasteiger partial charge in [-0.15, -0.1) is 0 Å². The van der Waals surface area contributed by atoms with E-state index in [2.05, 4.69) is 16.0 Å². The van der Waals surface area contributed by atoms with E-state index in [1.807, 2.05) is 0 Å². The average molecular weight is 398 g/mol. The molecule has 1 aliphatic rings. The van der Waals surface area contributed by atoms with E-state index in [4.69, 9.17) is 4.74 Å². The molecule has 1 unspecified atom stereocenters. The van der Waals surface area contributed by atoms with Crippen molar-refractivity contribution in [1.29, 1.82) is 0 Å². The number of nitro benzene ring substituents is 1. The molecule has 0 bridgehead atoms. The van der Waals surface area contributed by atoms with Crippen molar-refractivity contribution in [2.75, 3.05) is 17.7 Å². The molecule has 0 spiro atoms. The third-order valence-electron chi connectivity index (χ3n) is 4.49. The number of methoxy groups -OCH3 is 1. The van der Waals surface area contributed by atoms with Crippen LogP contribution in [0, 0.1) is 10.1 Å². The van der Waals surface area contributed by atoms with Crippen molar-refractivity contribution < 1.29 is 19.2 Å². The molecule has 2 aromatic rings. The molecule has 0 radical (unpaired) electrons. The van der Waals surface area contributed by atoms with Crippen LogP contribution in [-0.2, 0) is 4.79 Å². The molecule has 29 heavy (non-hydrogen) atoms. The monoisotopic (exact) mass is 398 g/mol. The lowest BCUT2D eigenvalue weighted by Gasteiger charge is -2.17. The van der Waals surface area contributed by atoms with E-state index in [0.717, 1.165) is 12.8 Å². The standard InChI is InChI=1S/C20H22N4O5/c1-12(19(25)23-17-11-16(24(27)28)9-10-18(17)29-2)21-14-5-3-13(4-6-14)20(26)22-15-7-8-15/h3-6,9-12,15,21H,7-8H2,1-2H3,(H,22,26)(H,23,25). The number of ether oxygens (including phenoxy) is 1. The summed E-state index contributed by atoms with van der Waals surface area (Å²) in [6.07, 6.45) is 2.04. The van der Waals surface area contributed by atoms with Gasteiger partial charge in [-0.2, -0.15) is 0 Å². The van der Waals surface area contributed by atoms with E-state index < -0.39 is 11.0 Å². The van der Waals surface area contributed by atoms with Gasteiger partial charge in [-0.05, 0) is 50.1 Å². The molecule has 1 fully saturated rings. The Morgan fingerprint density at radius 3 is 2.45 bits per heavy atom. The van der Waals surface area contributed by atoms with Gasteiger partial charge in [-0.25, -0.2) is 0 Å². The Morgan fingerprint density at radius 2 is 1.86 bits per heavy atom. The van der Waals surface area contributed by atoms with Crippen LogP contribution in [0.5, 0.6) is 5.75 Å². The van der Waals surface area contributed by atoms with Crippen molar-refractivity contribution >= 4 is 28.9 Å². The van der Waals surface area contributed by atoms with Crippen molar-refractivity contribution in [2.24, 2.45) is 0 Å². The molecule has 152 valence electrons. The first-order valence-electron chi connectivity index (χ1n) is 9.18. The van der Waals surface area contributed by atoms with E-state index in [9.17, 15) is 19.7 Å². The number of non-ortho nitro benzene ring substituents is 1. The molecule has 9 heteroatoms. The highest BCUT2D eigenvalue weighted by molar-refractivity contribution is 5.98. The topological polar surface area (TPSA) is 123 Å². The molecule has 3 N–H and O–H groups in total. The fourth-order valence-corrected chi connectivity index (χ4v) is 2.68. The van der Waals surface area contributed by atoms with Crippen LogP contribution < -0.4 is 20.7 Å². The van der Waals surface area contributed by atoms with Crippen LogP contribution in [0.1, 0.15) is 30.1 Å². The molecule has 2 aromatic carbocycles. The van der Waals surface area contributed by atoms with Crippen LogP contribution in [0.15, 0.2) is 42.5 Å². The normalized spacial score (nSPS) is 13.9. The van der Waals surface area contributed by atoms with Crippen molar-refractivity contribution in [3.8, 4) is 5.75 Å². The summed E-state index contributed by atoms with van der Waals surface area (Å²) in [5, 5.41) is 19.6. The Labute approximate surface area is 167 Å². The maximum atomic E-state index is 12.5. The smallest absolute Gasteiger partial charge is 0.271 e. The summed E-state index contributed by atoms with van der Waals surface area (Å²) in [5.41, 5.74) is 1.29. The second-order valence-corrected chi connectivity index (χ2v) is 6.82. The molecule has 1 saturated carbocycles. The summed E-state index contributed by atoms with van der Waals surface area (Å²) in [4.78, 5) is 34.9. The Kier molecular flexibility index (Phi) is 5.96. The number of nitrogens with one attached hydrogen (secondary N) is 3. The summed E-state index contributed by atoms with van der Waals surface area (Å²) in [6.45, 7) is 1.66. The minimum absolute atomic E-state index is 0.109. The zero-order chi connectivity index (χ0) is 21.0. The Bertz CT molecular complexity index is 925. The van der Waals surface area contributed by atoms with Crippen LogP contribution >= 0.6 is 0 Å². The number of benzene rings is 2. The quantitative estimate of drug-likeness (QED) is 0.464. The highest BCUT2D eigenvalue weighted by Crippen LogP contribution is 2.29. The van der Waals surface area contributed by atoms with E-state index in [-0.39, 0.29) is 29.2 Å². The lowest BCUT2D eigenvalue weighted by atomic mass is 10.1. The highest BCUT2D eigenvalue weighted by Gasteiger charge is 2.23. The number of nitro groups is 1. The molecule has 0 aliphatic heterocycles. The van der Waals surface area contributed by atoms with Gasteiger partial charge >= 0.3 is 0 Å². The fourth-order valence-electron chi connectivity index (χ4n) is 2.68. The zero-order valence-electron chi connectivity index (χ0n) is 16.1. The van der Waals surface area contributed by atoms with Gasteiger partial charge in [0.2, 0.25) is 5.91 Å². The van der Waals surface area contributed by atoms with Gasteiger partial charge in [-0.3, -0.25) is 19.7 Å². The van der Waals surface area contributed by atoms with E-state index in [1.165, 1.54) is 25.3 Å². The summed E-state index contributed by atoms with van der Waals surface area (Å²) in [7, 11) is 1.42. The number of carbonyl (C=O) groups is 2. The summed E-state index contributed by atoms with van der Waals surface area (Å²) in [5.74, 6) is -0.177. The molecule has 9 nitrogen and oxygen atoms in total. The first-order chi connectivity index (χ1) is 13.9.